The van der Waals surface area contributed by atoms with Crippen molar-refractivity contribution in [2.75, 3.05) is 0 Å². The van der Waals surface area contributed by atoms with E-state index in [4.69, 9.17) is 9.78 Å². The number of carbonyl (C=O) groups excluding carboxylic acids is 1. The lowest BCUT2D eigenvalue weighted by molar-refractivity contribution is -0.209. The minimum Gasteiger partial charge on any atom is -0.286 e. The van der Waals surface area contributed by atoms with E-state index >= 15 is 0 Å². The summed E-state index contributed by atoms with van der Waals surface area (Å²) in [6.07, 6.45) is 11.4. The Morgan fingerprint density at radius 1 is 0.958 bits per heavy atom. The van der Waals surface area contributed by atoms with Gasteiger partial charge in [0.05, 0.1) is 0 Å². The summed E-state index contributed by atoms with van der Waals surface area (Å²) in [5, 5.41) is 0. The summed E-state index contributed by atoms with van der Waals surface area (Å²) in [5.74, 6) is 0.142. The second-order valence-corrected chi connectivity index (χ2v) is 6.29. The summed E-state index contributed by atoms with van der Waals surface area (Å²) in [7, 11) is 0. The Balaban J connectivity index is 2.36. The zero-order chi connectivity index (χ0) is 17.6. The van der Waals surface area contributed by atoms with E-state index in [0.717, 1.165) is 24.8 Å². The van der Waals surface area contributed by atoms with E-state index in [0.29, 0.717) is 17.7 Å². The molecule has 134 valence electrons. The van der Waals surface area contributed by atoms with E-state index in [-0.39, 0.29) is 0 Å². The van der Waals surface area contributed by atoms with Crippen molar-refractivity contribution in [2.24, 2.45) is 0 Å². The quantitative estimate of drug-likeness (QED) is 0.187. The number of benzene rings is 1. The number of para-hydroxylation sites is 1. The molecule has 0 bridgehead atoms. The van der Waals surface area contributed by atoms with Gasteiger partial charge in [-0.2, -0.15) is 0 Å². The standard InChI is InChI=1S/C21H32O3/c1-4-6-7-8-9-10-11-15-19-16-12-13-17-20(19)23-24-21(22)18(3)14-5-2/h12-13,16-17H,3-11,14-15H2,1-2H3. The molecule has 1 aromatic carbocycles. The van der Waals surface area contributed by atoms with Crippen LogP contribution in [0.4, 0.5) is 0 Å². The topological polar surface area (TPSA) is 35.5 Å². The maximum Gasteiger partial charge on any atom is 0.381 e. The number of carbonyl (C=O) groups is 1. The monoisotopic (exact) mass is 332 g/mol. The van der Waals surface area contributed by atoms with Gasteiger partial charge in [0.1, 0.15) is 0 Å². The Kier molecular flexibility index (Phi) is 10.7. The highest BCUT2D eigenvalue weighted by Gasteiger charge is 2.11. The molecular formula is C21H32O3. The third kappa shape index (κ3) is 8.19. The minimum absolute atomic E-state index is 0.446. The van der Waals surface area contributed by atoms with Crippen molar-refractivity contribution < 1.29 is 14.6 Å². The van der Waals surface area contributed by atoms with Gasteiger partial charge in [0.25, 0.3) is 0 Å². The molecule has 1 rings (SSSR count). The lowest BCUT2D eigenvalue weighted by atomic mass is 10.0. The number of hydrogen-bond acceptors (Lipinski definition) is 3. The summed E-state index contributed by atoms with van der Waals surface area (Å²) in [6.45, 7) is 7.95. The summed E-state index contributed by atoms with van der Waals surface area (Å²) >= 11 is 0. The summed E-state index contributed by atoms with van der Waals surface area (Å²) < 4.78 is 0. The highest BCUT2D eigenvalue weighted by atomic mass is 17.2. The summed E-state index contributed by atoms with van der Waals surface area (Å²) in [4.78, 5) is 21.9. The zero-order valence-corrected chi connectivity index (χ0v) is 15.3. The molecule has 0 aliphatic carbocycles. The molecule has 1 aromatic rings. The molecule has 24 heavy (non-hydrogen) atoms. The van der Waals surface area contributed by atoms with Crippen LogP contribution in [0.15, 0.2) is 36.4 Å². The Morgan fingerprint density at radius 2 is 1.62 bits per heavy atom. The Labute approximate surface area is 147 Å². The molecule has 0 fully saturated rings. The van der Waals surface area contributed by atoms with Crippen LogP contribution in [-0.2, 0) is 16.1 Å². The fourth-order valence-electron chi connectivity index (χ4n) is 2.61. The van der Waals surface area contributed by atoms with E-state index in [1.54, 1.807) is 0 Å². The Hall–Kier alpha value is -1.77. The van der Waals surface area contributed by atoms with Crippen LogP contribution in [0, 0.1) is 0 Å². The molecule has 0 spiro atoms. The predicted molar refractivity (Wildman–Crippen MR) is 98.9 cm³/mol. The minimum atomic E-state index is -0.484. The molecule has 3 nitrogen and oxygen atoms in total. The van der Waals surface area contributed by atoms with Crippen LogP contribution in [0.5, 0.6) is 5.75 Å². The molecule has 0 heterocycles. The Morgan fingerprint density at radius 3 is 2.33 bits per heavy atom. The third-order valence-corrected chi connectivity index (χ3v) is 4.07. The average Bonchev–Trinajstić information content (AvgIpc) is 2.60. The van der Waals surface area contributed by atoms with Gasteiger partial charge in [-0.05, 0) is 30.9 Å². The van der Waals surface area contributed by atoms with E-state index in [1.165, 1.54) is 38.5 Å². The molecule has 0 radical (unpaired) electrons. The first-order chi connectivity index (χ1) is 11.7. The fourth-order valence-corrected chi connectivity index (χ4v) is 2.61. The van der Waals surface area contributed by atoms with Crippen molar-refractivity contribution in [1.82, 2.24) is 0 Å². The van der Waals surface area contributed by atoms with Crippen LogP contribution < -0.4 is 4.89 Å². The van der Waals surface area contributed by atoms with Crippen molar-refractivity contribution in [2.45, 2.75) is 78.1 Å². The van der Waals surface area contributed by atoms with Crippen LogP contribution in [-0.4, -0.2) is 5.97 Å². The molecule has 0 aliphatic heterocycles. The first kappa shape index (κ1) is 20.3. The van der Waals surface area contributed by atoms with Crippen LogP contribution in [0.1, 0.15) is 77.2 Å². The van der Waals surface area contributed by atoms with Gasteiger partial charge in [0.15, 0.2) is 5.75 Å². The van der Waals surface area contributed by atoms with E-state index in [2.05, 4.69) is 13.5 Å². The third-order valence-electron chi connectivity index (χ3n) is 4.07. The van der Waals surface area contributed by atoms with Gasteiger partial charge in [-0.1, -0.05) is 83.6 Å². The van der Waals surface area contributed by atoms with Crippen molar-refractivity contribution >= 4 is 5.97 Å². The first-order valence-electron chi connectivity index (χ1n) is 9.33. The average molecular weight is 332 g/mol. The molecule has 0 amide bonds. The molecular weight excluding hydrogens is 300 g/mol. The normalized spacial score (nSPS) is 10.4. The van der Waals surface area contributed by atoms with Gasteiger partial charge in [-0.15, -0.1) is 0 Å². The van der Waals surface area contributed by atoms with E-state index < -0.39 is 5.97 Å². The van der Waals surface area contributed by atoms with Crippen molar-refractivity contribution in [3.63, 3.8) is 0 Å². The molecule has 0 aromatic heterocycles. The van der Waals surface area contributed by atoms with Crippen LogP contribution in [0.3, 0.4) is 0 Å². The maximum absolute atomic E-state index is 11.8. The molecule has 0 saturated heterocycles. The maximum atomic E-state index is 11.8. The second kappa shape index (κ2) is 12.6. The highest BCUT2D eigenvalue weighted by Crippen LogP contribution is 2.21. The van der Waals surface area contributed by atoms with Gasteiger partial charge in [-0.25, -0.2) is 9.68 Å². The molecule has 0 atom stereocenters. The van der Waals surface area contributed by atoms with Crippen LogP contribution >= 0.6 is 0 Å². The smallest absolute Gasteiger partial charge is 0.286 e. The van der Waals surface area contributed by atoms with E-state index in [9.17, 15) is 4.79 Å². The zero-order valence-electron chi connectivity index (χ0n) is 15.3. The fraction of sp³-hybridized carbons (Fsp3) is 0.571. The van der Waals surface area contributed by atoms with Crippen molar-refractivity contribution in [3.8, 4) is 5.75 Å². The van der Waals surface area contributed by atoms with Crippen LogP contribution in [0.2, 0.25) is 0 Å². The number of hydrogen-bond donors (Lipinski definition) is 0. The number of rotatable bonds is 13. The number of aryl methyl sites for hydroxylation is 1. The van der Waals surface area contributed by atoms with Crippen LogP contribution in [0.25, 0.3) is 0 Å². The molecule has 0 aliphatic rings. The lowest BCUT2D eigenvalue weighted by Gasteiger charge is -2.10. The van der Waals surface area contributed by atoms with Gasteiger partial charge >= 0.3 is 5.97 Å². The SMILES string of the molecule is C=C(CCC)C(=O)OOc1ccccc1CCCCCCCCC. The Bertz CT molecular complexity index is 494. The molecule has 0 saturated carbocycles. The molecule has 0 unspecified atom stereocenters. The number of unbranched alkanes of at least 4 members (excludes halogenated alkanes) is 6. The largest absolute Gasteiger partial charge is 0.381 e. The van der Waals surface area contributed by atoms with Crippen molar-refractivity contribution in [1.29, 1.82) is 0 Å². The lowest BCUT2D eigenvalue weighted by Crippen LogP contribution is -2.11. The molecule has 0 N–H and O–H groups in total. The van der Waals surface area contributed by atoms with Crippen molar-refractivity contribution in [3.05, 3.63) is 42.0 Å². The summed E-state index contributed by atoms with van der Waals surface area (Å²) in [5.41, 5.74) is 1.53. The molecule has 3 heteroatoms. The highest BCUT2D eigenvalue weighted by molar-refractivity contribution is 5.87. The first-order valence-corrected chi connectivity index (χ1v) is 9.33. The van der Waals surface area contributed by atoms with E-state index in [1.807, 2.05) is 31.2 Å². The van der Waals surface area contributed by atoms with Gasteiger partial charge in [-0.3, -0.25) is 4.89 Å². The van der Waals surface area contributed by atoms with Gasteiger partial charge < -0.3 is 0 Å². The summed E-state index contributed by atoms with van der Waals surface area (Å²) in [6, 6.07) is 7.74. The predicted octanol–water partition coefficient (Wildman–Crippen LogP) is 6.17. The van der Waals surface area contributed by atoms with Gasteiger partial charge in [0.2, 0.25) is 0 Å². The second-order valence-electron chi connectivity index (χ2n) is 6.29. The van der Waals surface area contributed by atoms with Gasteiger partial charge in [0, 0.05) is 5.57 Å².